The molecule has 0 bridgehead atoms. The normalized spacial score (nSPS) is 14.2. The minimum Gasteiger partial charge on any atom is -0.352 e. The van der Waals surface area contributed by atoms with E-state index in [1.807, 2.05) is 11.8 Å². The minimum atomic E-state index is -0.391. The van der Waals surface area contributed by atoms with Crippen molar-refractivity contribution in [2.45, 2.75) is 13.8 Å². The fourth-order valence-electron chi connectivity index (χ4n) is 3.42. The number of carbonyl (C=O) groups excluding carboxylic acids is 3. The van der Waals surface area contributed by atoms with Crippen LogP contribution in [0.4, 0.5) is 10.1 Å². The van der Waals surface area contributed by atoms with Crippen LogP contribution in [0.3, 0.4) is 0 Å². The first-order valence-corrected chi connectivity index (χ1v) is 10.3. The number of hydrogen-bond acceptors (Lipinski definition) is 4. The predicted molar refractivity (Wildman–Crippen MR) is 117 cm³/mol. The monoisotopic (exact) mass is 426 g/mol. The lowest BCUT2D eigenvalue weighted by Gasteiger charge is -2.34. The van der Waals surface area contributed by atoms with Crippen LogP contribution in [0.15, 0.2) is 42.5 Å². The van der Waals surface area contributed by atoms with Crippen LogP contribution in [-0.4, -0.2) is 66.8 Å². The van der Waals surface area contributed by atoms with Gasteiger partial charge in [0.1, 0.15) is 5.82 Å². The molecule has 1 aliphatic heterocycles. The lowest BCUT2D eigenvalue weighted by Crippen LogP contribution is -2.50. The predicted octanol–water partition coefficient (Wildman–Crippen LogP) is 2.28. The number of anilines is 1. The zero-order valence-electron chi connectivity index (χ0n) is 17.8. The van der Waals surface area contributed by atoms with Gasteiger partial charge < -0.3 is 15.5 Å². The van der Waals surface area contributed by atoms with Gasteiger partial charge in [0.15, 0.2) is 0 Å². The summed E-state index contributed by atoms with van der Waals surface area (Å²) < 4.78 is 13.8. The Morgan fingerprint density at radius 1 is 1.00 bits per heavy atom. The molecule has 2 N–H and O–H groups in total. The summed E-state index contributed by atoms with van der Waals surface area (Å²) in [5.74, 6) is -0.969. The minimum absolute atomic E-state index is 0.187. The van der Waals surface area contributed by atoms with Crippen molar-refractivity contribution in [3.8, 4) is 0 Å². The Morgan fingerprint density at radius 3 is 2.42 bits per heavy atom. The molecule has 164 valence electrons. The maximum absolute atomic E-state index is 13.8. The third kappa shape index (κ3) is 5.88. The standard InChI is InChI=1S/C23H27FN4O3/c1-3-25-22(30)17-5-4-6-19(13-17)26-21(29)15-27-9-11-28(12-10-27)23(31)18-8-7-16(2)20(24)14-18/h4-8,13-14H,3,9-12,15H2,1-2H3,(H,25,30)(H,26,29). The van der Waals surface area contributed by atoms with Gasteiger partial charge in [0.05, 0.1) is 6.54 Å². The van der Waals surface area contributed by atoms with Gasteiger partial charge >= 0.3 is 0 Å². The molecule has 8 heteroatoms. The molecular weight excluding hydrogens is 399 g/mol. The van der Waals surface area contributed by atoms with Gasteiger partial charge in [-0.05, 0) is 49.7 Å². The van der Waals surface area contributed by atoms with Crippen molar-refractivity contribution in [3.05, 3.63) is 65.0 Å². The van der Waals surface area contributed by atoms with Gasteiger partial charge in [-0.1, -0.05) is 12.1 Å². The van der Waals surface area contributed by atoms with Crippen molar-refractivity contribution in [2.24, 2.45) is 0 Å². The maximum Gasteiger partial charge on any atom is 0.254 e. The third-order valence-electron chi connectivity index (χ3n) is 5.19. The fourth-order valence-corrected chi connectivity index (χ4v) is 3.42. The Morgan fingerprint density at radius 2 is 1.74 bits per heavy atom. The van der Waals surface area contributed by atoms with Crippen molar-refractivity contribution in [3.63, 3.8) is 0 Å². The topological polar surface area (TPSA) is 81.8 Å². The number of nitrogens with zero attached hydrogens (tertiary/aromatic N) is 2. The van der Waals surface area contributed by atoms with E-state index >= 15 is 0 Å². The Hall–Kier alpha value is -3.26. The number of benzene rings is 2. The highest BCUT2D eigenvalue weighted by molar-refractivity contribution is 5.97. The van der Waals surface area contributed by atoms with Gasteiger partial charge in [-0.25, -0.2) is 4.39 Å². The summed E-state index contributed by atoms with van der Waals surface area (Å²) in [5.41, 5.74) is 1.88. The van der Waals surface area contributed by atoms with Crippen molar-refractivity contribution in [1.29, 1.82) is 0 Å². The molecule has 0 unspecified atom stereocenters. The number of piperazine rings is 1. The van der Waals surface area contributed by atoms with Crippen molar-refractivity contribution in [1.82, 2.24) is 15.1 Å². The van der Waals surface area contributed by atoms with Crippen LogP contribution in [0, 0.1) is 12.7 Å². The Balaban J connectivity index is 1.50. The summed E-state index contributed by atoms with van der Waals surface area (Å²) in [4.78, 5) is 40.6. The molecule has 7 nitrogen and oxygen atoms in total. The summed E-state index contributed by atoms with van der Waals surface area (Å²) in [6, 6.07) is 11.3. The molecule has 0 atom stereocenters. The Kier molecular flexibility index (Phi) is 7.36. The maximum atomic E-state index is 13.8. The second-order valence-electron chi connectivity index (χ2n) is 7.52. The van der Waals surface area contributed by atoms with Crippen LogP contribution in [0.2, 0.25) is 0 Å². The van der Waals surface area contributed by atoms with Crippen LogP contribution in [0.1, 0.15) is 33.2 Å². The van der Waals surface area contributed by atoms with Crippen LogP contribution in [0.5, 0.6) is 0 Å². The van der Waals surface area contributed by atoms with Gasteiger partial charge in [0.25, 0.3) is 11.8 Å². The van der Waals surface area contributed by atoms with Gasteiger partial charge in [-0.2, -0.15) is 0 Å². The molecule has 1 aliphatic rings. The first kappa shape index (κ1) is 22.4. The zero-order chi connectivity index (χ0) is 22.4. The molecule has 3 amide bonds. The van der Waals surface area contributed by atoms with E-state index in [1.54, 1.807) is 48.2 Å². The van der Waals surface area contributed by atoms with Crippen molar-refractivity contribution >= 4 is 23.4 Å². The molecule has 2 aromatic rings. The summed E-state index contributed by atoms with van der Waals surface area (Å²) in [6.45, 7) is 6.25. The summed E-state index contributed by atoms with van der Waals surface area (Å²) in [7, 11) is 0. The van der Waals surface area contributed by atoms with Crippen LogP contribution < -0.4 is 10.6 Å². The van der Waals surface area contributed by atoms with E-state index < -0.39 is 5.82 Å². The molecule has 1 fully saturated rings. The molecule has 3 rings (SSSR count). The first-order chi connectivity index (χ1) is 14.9. The van der Waals surface area contributed by atoms with Crippen molar-refractivity contribution < 1.29 is 18.8 Å². The number of rotatable bonds is 6. The second-order valence-corrected chi connectivity index (χ2v) is 7.52. The summed E-state index contributed by atoms with van der Waals surface area (Å²) in [6.07, 6.45) is 0. The molecule has 0 aromatic heterocycles. The van der Waals surface area contributed by atoms with Gasteiger partial charge in [-0.3, -0.25) is 19.3 Å². The van der Waals surface area contributed by atoms with Crippen LogP contribution in [-0.2, 0) is 4.79 Å². The molecular formula is C23H27FN4O3. The zero-order valence-corrected chi connectivity index (χ0v) is 17.8. The van der Waals surface area contributed by atoms with Crippen molar-refractivity contribution in [2.75, 3.05) is 44.6 Å². The molecule has 0 spiro atoms. The highest BCUT2D eigenvalue weighted by Gasteiger charge is 2.23. The lowest BCUT2D eigenvalue weighted by atomic mass is 10.1. The van der Waals surface area contributed by atoms with Gasteiger partial charge in [0.2, 0.25) is 5.91 Å². The Labute approximate surface area is 181 Å². The van der Waals surface area contributed by atoms with E-state index in [0.29, 0.717) is 55.1 Å². The second kappa shape index (κ2) is 10.2. The summed E-state index contributed by atoms with van der Waals surface area (Å²) in [5, 5.41) is 5.54. The van der Waals surface area contributed by atoms with E-state index in [2.05, 4.69) is 10.6 Å². The molecule has 0 saturated carbocycles. The number of aryl methyl sites for hydroxylation is 1. The molecule has 0 aliphatic carbocycles. The SMILES string of the molecule is CCNC(=O)c1cccc(NC(=O)CN2CCN(C(=O)c3ccc(C)c(F)c3)CC2)c1. The third-order valence-corrected chi connectivity index (χ3v) is 5.19. The lowest BCUT2D eigenvalue weighted by molar-refractivity contribution is -0.117. The number of halogens is 1. The first-order valence-electron chi connectivity index (χ1n) is 10.3. The molecule has 2 aromatic carbocycles. The van der Waals surface area contributed by atoms with E-state index in [1.165, 1.54) is 6.07 Å². The molecule has 31 heavy (non-hydrogen) atoms. The van der Waals surface area contributed by atoms with E-state index in [9.17, 15) is 18.8 Å². The van der Waals surface area contributed by atoms with Gasteiger partial charge in [0, 0.05) is 49.5 Å². The molecule has 0 radical (unpaired) electrons. The highest BCUT2D eigenvalue weighted by atomic mass is 19.1. The number of carbonyl (C=O) groups is 3. The van der Waals surface area contributed by atoms with E-state index in [0.717, 1.165) is 0 Å². The molecule has 1 heterocycles. The van der Waals surface area contributed by atoms with E-state index in [4.69, 9.17) is 0 Å². The highest BCUT2D eigenvalue weighted by Crippen LogP contribution is 2.14. The van der Waals surface area contributed by atoms with Crippen LogP contribution >= 0.6 is 0 Å². The smallest absolute Gasteiger partial charge is 0.254 e. The molecule has 1 saturated heterocycles. The van der Waals surface area contributed by atoms with Gasteiger partial charge in [-0.15, -0.1) is 0 Å². The quantitative estimate of drug-likeness (QED) is 0.743. The van der Waals surface area contributed by atoms with Crippen LogP contribution in [0.25, 0.3) is 0 Å². The largest absolute Gasteiger partial charge is 0.352 e. The average molecular weight is 426 g/mol. The number of hydrogen-bond donors (Lipinski definition) is 2. The fraction of sp³-hybridized carbons (Fsp3) is 0.348. The van der Waals surface area contributed by atoms with E-state index in [-0.39, 0.29) is 24.3 Å². The average Bonchev–Trinajstić information content (AvgIpc) is 2.76. The Bertz CT molecular complexity index is 971. The number of nitrogens with one attached hydrogen (secondary N) is 2. The summed E-state index contributed by atoms with van der Waals surface area (Å²) >= 11 is 0. The number of amides is 3.